The summed E-state index contributed by atoms with van der Waals surface area (Å²) < 4.78 is 2.37. The van der Waals surface area contributed by atoms with Gasteiger partial charge < -0.3 is 9.88 Å². The molecule has 3 unspecified atom stereocenters. The van der Waals surface area contributed by atoms with Crippen LogP contribution in [0, 0.1) is 5.92 Å². The molecule has 2 aliphatic rings. The zero-order valence-corrected chi connectivity index (χ0v) is 12.2. The highest BCUT2D eigenvalue weighted by molar-refractivity contribution is 5.03. The molecule has 1 aliphatic heterocycles. The summed E-state index contributed by atoms with van der Waals surface area (Å²) in [4.78, 5) is 0. The van der Waals surface area contributed by atoms with E-state index in [9.17, 15) is 0 Å². The number of aryl methyl sites for hydroxylation is 1. The Hall–Kier alpha value is -0.900. The molecular formula is C15H26N4. The Morgan fingerprint density at radius 2 is 2.05 bits per heavy atom. The van der Waals surface area contributed by atoms with E-state index in [4.69, 9.17) is 0 Å². The second-order valence-electron chi connectivity index (χ2n) is 6.34. The van der Waals surface area contributed by atoms with Gasteiger partial charge in [0.25, 0.3) is 0 Å². The number of hydrogen-bond acceptors (Lipinski definition) is 3. The minimum absolute atomic E-state index is 0.324. The van der Waals surface area contributed by atoms with E-state index in [1.807, 2.05) is 0 Å². The summed E-state index contributed by atoms with van der Waals surface area (Å²) in [6, 6.07) is 0.985. The quantitative estimate of drug-likeness (QED) is 0.911. The standard InChI is InChI=1S/C15H26N4/c1-11-7-6-8-13(11)16-12(2)15-18-17-14-9-4-3-5-10-19(14)15/h11-13,16H,3-10H2,1-2H3. The minimum Gasteiger partial charge on any atom is -0.314 e. The van der Waals surface area contributed by atoms with Gasteiger partial charge in [-0.2, -0.15) is 0 Å². The molecule has 1 fully saturated rings. The number of aromatic nitrogens is 3. The maximum absolute atomic E-state index is 4.46. The van der Waals surface area contributed by atoms with Crippen molar-refractivity contribution in [1.29, 1.82) is 0 Å². The van der Waals surface area contributed by atoms with Crippen LogP contribution in [0.3, 0.4) is 0 Å². The van der Waals surface area contributed by atoms with E-state index < -0.39 is 0 Å². The van der Waals surface area contributed by atoms with Crippen LogP contribution in [-0.4, -0.2) is 20.8 Å². The molecule has 3 atom stereocenters. The van der Waals surface area contributed by atoms with Gasteiger partial charge in [0.05, 0.1) is 6.04 Å². The lowest BCUT2D eigenvalue weighted by Gasteiger charge is -2.22. The number of nitrogens with zero attached hydrogens (tertiary/aromatic N) is 3. The first-order valence-electron chi connectivity index (χ1n) is 7.93. The van der Waals surface area contributed by atoms with Gasteiger partial charge in [-0.1, -0.05) is 19.8 Å². The third-order valence-electron chi connectivity index (χ3n) is 4.85. The zero-order valence-electron chi connectivity index (χ0n) is 12.2. The molecule has 1 aromatic rings. The topological polar surface area (TPSA) is 42.7 Å². The van der Waals surface area contributed by atoms with Gasteiger partial charge in [-0.25, -0.2) is 0 Å². The van der Waals surface area contributed by atoms with Crippen LogP contribution in [0.25, 0.3) is 0 Å². The van der Waals surface area contributed by atoms with Gasteiger partial charge in [0.2, 0.25) is 0 Å². The molecule has 4 nitrogen and oxygen atoms in total. The van der Waals surface area contributed by atoms with Crippen molar-refractivity contribution in [2.75, 3.05) is 0 Å². The van der Waals surface area contributed by atoms with Gasteiger partial charge in [-0.05, 0) is 38.5 Å². The van der Waals surface area contributed by atoms with Crippen LogP contribution in [-0.2, 0) is 13.0 Å². The number of hydrogen-bond donors (Lipinski definition) is 1. The molecule has 0 amide bonds. The van der Waals surface area contributed by atoms with Crippen LogP contribution in [0.1, 0.15) is 70.1 Å². The molecule has 19 heavy (non-hydrogen) atoms. The van der Waals surface area contributed by atoms with Crippen molar-refractivity contribution in [2.45, 2.75) is 77.4 Å². The lowest BCUT2D eigenvalue weighted by molar-refractivity contribution is 0.372. The summed E-state index contributed by atoms with van der Waals surface area (Å²) in [5.41, 5.74) is 0. The van der Waals surface area contributed by atoms with Crippen molar-refractivity contribution in [3.8, 4) is 0 Å². The van der Waals surface area contributed by atoms with Crippen molar-refractivity contribution in [2.24, 2.45) is 5.92 Å². The predicted octanol–water partition coefficient (Wildman–Crippen LogP) is 2.84. The molecule has 1 saturated carbocycles. The van der Waals surface area contributed by atoms with Crippen LogP contribution in [0.2, 0.25) is 0 Å². The van der Waals surface area contributed by atoms with E-state index in [1.165, 1.54) is 44.3 Å². The Morgan fingerprint density at radius 1 is 1.16 bits per heavy atom. The normalized spacial score (nSPS) is 28.9. The molecule has 0 saturated heterocycles. The summed E-state index contributed by atoms with van der Waals surface area (Å²) in [7, 11) is 0. The summed E-state index contributed by atoms with van der Waals surface area (Å²) in [5.74, 6) is 3.14. The van der Waals surface area contributed by atoms with E-state index in [0.29, 0.717) is 12.1 Å². The summed E-state index contributed by atoms with van der Waals surface area (Å²) >= 11 is 0. The smallest absolute Gasteiger partial charge is 0.149 e. The fourth-order valence-electron chi connectivity index (χ4n) is 3.62. The second kappa shape index (κ2) is 5.61. The van der Waals surface area contributed by atoms with Gasteiger partial charge in [0.1, 0.15) is 11.6 Å². The molecule has 3 rings (SSSR count). The molecule has 1 aromatic heterocycles. The monoisotopic (exact) mass is 262 g/mol. The summed E-state index contributed by atoms with van der Waals surface area (Å²) in [6.07, 6.45) is 8.99. The molecule has 106 valence electrons. The Kier molecular flexibility index (Phi) is 3.87. The van der Waals surface area contributed by atoms with Crippen molar-refractivity contribution in [3.05, 3.63) is 11.6 Å². The number of fused-ring (bicyclic) bond motifs is 1. The first-order chi connectivity index (χ1) is 9.25. The van der Waals surface area contributed by atoms with Crippen LogP contribution < -0.4 is 5.32 Å². The Labute approximate surface area is 116 Å². The minimum atomic E-state index is 0.324. The van der Waals surface area contributed by atoms with E-state index in [2.05, 4.69) is 33.9 Å². The van der Waals surface area contributed by atoms with E-state index in [-0.39, 0.29) is 0 Å². The average Bonchev–Trinajstić information content (AvgIpc) is 2.90. The zero-order chi connectivity index (χ0) is 13.2. The molecule has 0 radical (unpaired) electrons. The van der Waals surface area contributed by atoms with Gasteiger partial charge in [-0.3, -0.25) is 0 Å². The van der Waals surface area contributed by atoms with Crippen LogP contribution >= 0.6 is 0 Å². The maximum Gasteiger partial charge on any atom is 0.149 e. The highest BCUT2D eigenvalue weighted by Crippen LogP contribution is 2.27. The highest BCUT2D eigenvalue weighted by Gasteiger charge is 2.27. The van der Waals surface area contributed by atoms with Gasteiger partial charge in [-0.15, -0.1) is 10.2 Å². The molecule has 4 heteroatoms. The predicted molar refractivity (Wildman–Crippen MR) is 75.9 cm³/mol. The van der Waals surface area contributed by atoms with Crippen LogP contribution in [0.4, 0.5) is 0 Å². The van der Waals surface area contributed by atoms with Crippen molar-refractivity contribution < 1.29 is 0 Å². The molecule has 1 N–H and O–H groups in total. The average molecular weight is 262 g/mol. The highest BCUT2D eigenvalue weighted by atomic mass is 15.3. The first kappa shape index (κ1) is 13.1. The fourth-order valence-corrected chi connectivity index (χ4v) is 3.62. The van der Waals surface area contributed by atoms with Crippen molar-refractivity contribution in [1.82, 2.24) is 20.1 Å². The summed E-state index contributed by atoms with van der Waals surface area (Å²) in [6.45, 7) is 5.71. The number of rotatable bonds is 3. The van der Waals surface area contributed by atoms with Gasteiger partial charge in [0, 0.05) is 19.0 Å². The van der Waals surface area contributed by atoms with Gasteiger partial charge >= 0.3 is 0 Å². The lowest BCUT2D eigenvalue weighted by Crippen LogP contribution is -2.34. The Morgan fingerprint density at radius 3 is 2.84 bits per heavy atom. The Bertz CT molecular complexity index is 426. The fraction of sp³-hybridized carbons (Fsp3) is 0.867. The molecule has 2 heterocycles. The lowest BCUT2D eigenvalue weighted by atomic mass is 10.1. The number of nitrogens with one attached hydrogen (secondary N) is 1. The van der Waals surface area contributed by atoms with Crippen LogP contribution in [0.5, 0.6) is 0 Å². The molecule has 1 aliphatic carbocycles. The molecular weight excluding hydrogens is 236 g/mol. The largest absolute Gasteiger partial charge is 0.314 e. The SMILES string of the molecule is CC(NC1CCCC1C)c1nnc2n1CCCCC2. The second-order valence-corrected chi connectivity index (χ2v) is 6.34. The van der Waals surface area contributed by atoms with Gasteiger partial charge in [0.15, 0.2) is 0 Å². The third-order valence-corrected chi connectivity index (χ3v) is 4.85. The van der Waals surface area contributed by atoms with Crippen LogP contribution in [0.15, 0.2) is 0 Å². The van der Waals surface area contributed by atoms with E-state index >= 15 is 0 Å². The summed E-state index contributed by atoms with van der Waals surface area (Å²) in [5, 5.41) is 12.6. The molecule has 0 aromatic carbocycles. The maximum atomic E-state index is 4.46. The van der Waals surface area contributed by atoms with E-state index in [0.717, 1.165) is 24.7 Å². The van der Waals surface area contributed by atoms with E-state index in [1.54, 1.807) is 0 Å². The van der Waals surface area contributed by atoms with Crippen molar-refractivity contribution in [3.63, 3.8) is 0 Å². The van der Waals surface area contributed by atoms with Crippen molar-refractivity contribution >= 4 is 0 Å². The molecule has 0 bridgehead atoms. The molecule has 0 spiro atoms. The third kappa shape index (κ3) is 2.69. The Balaban J connectivity index is 1.72. The first-order valence-corrected chi connectivity index (χ1v) is 7.93.